The van der Waals surface area contributed by atoms with Gasteiger partial charge < -0.3 is 19.5 Å². The van der Waals surface area contributed by atoms with Gasteiger partial charge in [-0.25, -0.2) is 4.39 Å². The minimum atomic E-state index is -1.07. The second kappa shape index (κ2) is 10.2. The Labute approximate surface area is 203 Å². The molecule has 1 aliphatic rings. The molecule has 1 heterocycles. The summed E-state index contributed by atoms with van der Waals surface area (Å²) in [6, 6.07) is 19.0. The summed E-state index contributed by atoms with van der Waals surface area (Å²) < 4.78 is 24.8. The highest BCUT2D eigenvalue weighted by Gasteiger charge is 2.35. The van der Waals surface area contributed by atoms with E-state index >= 15 is 0 Å². The van der Waals surface area contributed by atoms with Crippen LogP contribution in [0.15, 0.2) is 66.7 Å². The maximum absolute atomic E-state index is 13.3. The van der Waals surface area contributed by atoms with Gasteiger partial charge in [0.05, 0.1) is 7.11 Å². The van der Waals surface area contributed by atoms with Crippen molar-refractivity contribution >= 4 is 11.9 Å². The summed E-state index contributed by atoms with van der Waals surface area (Å²) in [5.41, 5.74) is 2.64. The van der Waals surface area contributed by atoms with Crippen LogP contribution in [0.4, 0.5) is 4.39 Å². The first-order valence-electron chi connectivity index (χ1n) is 11.5. The van der Waals surface area contributed by atoms with Crippen molar-refractivity contribution in [1.82, 2.24) is 4.90 Å². The number of nitrogens with zero attached hydrogens (tertiary/aromatic N) is 1. The van der Waals surface area contributed by atoms with Gasteiger partial charge >= 0.3 is 5.97 Å². The third-order valence-electron chi connectivity index (χ3n) is 6.18. The molecule has 0 saturated carbocycles. The molecule has 1 amide bonds. The number of para-hydroxylation sites is 1. The number of fused-ring (bicyclic) bond motifs is 1. The Hall–Kier alpha value is -3.87. The zero-order chi connectivity index (χ0) is 25.0. The smallest absolute Gasteiger partial charge is 0.323 e. The van der Waals surface area contributed by atoms with Crippen molar-refractivity contribution in [2.45, 2.75) is 31.8 Å². The van der Waals surface area contributed by atoms with E-state index in [0.717, 1.165) is 16.7 Å². The van der Waals surface area contributed by atoms with Crippen LogP contribution >= 0.6 is 0 Å². The molecule has 6 nitrogen and oxygen atoms in total. The van der Waals surface area contributed by atoms with Crippen LogP contribution in [0.25, 0.3) is 0 Å². The van der Waals surface area contributed by atoms with Gasteiger partial charge in [0.25, 0.3) is 5.91 Å². The van der Waals surface area contributed by atoms with E-state index in [1.807, 2.05) is 31.2 Å². The minimum Gasteiger partial charge on any atom is -0.496 e. The van der Waals surface area contributed by atoms with Gasteiger partial charge in [-0.2, -0.15) is 0 Å². The minimum absolute atomic E-state index is 0.237. The summed E-state index contributed by atoms with van der Waals surface area (Å²) in [5.74, 6) is -0.309. The van der Waals surface area contributed by atoms with Crippen molar-refractivity contribution in [3.8, 4) is 11.5 Å². The topological polar surface area (TPSA) is 76.1 Å². The van der Waals surface area contributed by atoms with Crippen LogP contribution in [0.2, 0.25) is 0 Å². The van der Waals surface area contributed by atoms with Crippen LogP contribution in [-0.2, 0) is 24.1 Å². The number of carbonyl (C=O) groups excluding carboxylic acids is 1. The first kappa shape index (κ1) is 24.3. The zero-order valence-electron chi connectivity index (χ0n) is 19.8. The number of methoxy groups -OCH3 is 1. The van der Waals surface area contributed by atoms with Crippen LogP contribution in [0.5, 0.6) is 11.5 Å². The summed E-state index contributed by atoms with van der Waals surface area (Å²) in [6.07, 6.45) is 1.64. The summed E-state index contributed by atoms with van der Waals surface area (Å²) >= 11 is 0. The lowest BCUT2D eigenvalue weighted by atomic mass is 9.91. The molecule has 1 aliphatic heterocycles. The molecule has 35 heavy (non-hydrogen) atoms. The van der Waals surface area contributed by atoms with Crippen molar-refractivity contribution in [3.63, 3.8) is 0 Å². The number of aliphatic carboxylic acids is 1. The van der Waals surface area contributed by atoms with E-state index in [9.17, 15) is 19.1 Å². The number of halogens is 1. The average molecular weight is 478 g/mol. The van der Waals surface area contributed by atoms with E-state index in [0.29, 0.717) is 36.3 Å². The molecule has 0 spiro atoms. The molecule has 0 aromatic heterocycles. The quantitative estimate of drug-likeness (QED) is 0.490. The van der Waals surface area contributed by atoms with Gasteiger partial charge in [-0.1, -0.05) is 30.3 Å². The van der Waals surface area contributed by atoms with Crippen LogP contribution in [0.1, 0.15) is 34.0 Å². The Balaban J connectivity index is 1.49. The molecule has 0 fully saturated rings. The van der Waals surface area contributed by atoms with Crippen molar-refractivity contribution in [1.29, 1.82) is 0 Å². The molecule has 3 aromatic rings. The SMILES string of the molecule is COc1ccccc1CCN(CC(=O)O)C(=O)c1ccc2c(c1)C[C@@](C)(Cc1ccc(F)cc1)O2. The van der Waals surface area contributed by atoms with Gasteiger partial charge in [0.1, 0.15) is 29.5 Å². The normalized spacial score (nSPS) is 16.3. The van der Waals surface area contributed by atoms with Gasteiger partial charge in [-0.15, -0.1) is 0 Å². The number of benzene rings is 3. The highest BCUT2D eigenvalue weighted by Crippen LogP contribution is 2.37. The fourth-order valence-corrected chi connectivity index (χ4v) is 4.55. The molecule has 0 unspecified atom stereocenters. The number of amides is 1. The fraction of sp³-hybridized carbons (Fsp3) is 0.286. The zero-order valence-corrected chi connectivity index (χ0v) is 19.8. The number of carboxylic acids is 1. The van der Waals surface area contributed by atoms with Crippen LogP contribution < -0.4 is 9.47 Å². The third kappa shape index (κ3) is 5.80. The molecule has 0 bridgehead atoms. The number of carboxylic acid groups (broad SMARTS) is 1. The summed E-state index contributed by atoms with van der Waals surface area (Å²) in [5, 5.41) is 9.40. The van der Waals surface area contributed by atoms with Crippen molar-refractivity contribution in [2.75, 3.05) is 20.2 Å². The van der Waals surface area contributed by atoms with Crippen LogP contribution in [0, 0.1) is 5.82 Å². The molecule has 0 saturated heterocycles. The Morgan fingerprint density at radius 1 is 1.11 bits per heavy atom. The number of ether oxygens (including phenoxy) is 2. The molecule has 182 valence electrons. The largest absolute Gasteiger partial charge is 0.496 e. The molecule has 3 aromatic carbocycles. The Kier molecular flexibility index (Phi) is 7.05. The number of carbonyl (C=O) groups is 2. The van der Waals surface area contributed by atoms with Crippen LogP contribution in [-0.4, -0.2) is 47.7 Å². The second-order valence-corrected chi connectivity index (χ2v) is 9.04. The van der Waals surface area contributed by atoms with E-state index < -0.39 is 18.1 Å². The molecule has 0 aliphatic carbocycles. The molecule has 7 heteroatoms. The Morgan fingerprint density at radius 3 is 2.57 bits per heavy atom. The molecule has 1 N–H and O–H groups in total. The van der Waals surface area contributed by atoms with E-state index in [2.05, 4.69) is 0 Å². The van der Waals surface area contributed by atoms with Gasteiger partial charge in [0.15, 0.2) is 0 Å². The van der Waals surface area contributed by atoms with Crippen molar-refractivity contribution < 1.29 is 28.6 Å². The number of hydrogen-bond donors (Lipinski definition) is 1. The molecule has 4 rings (SSSR count). The maximum atomic E-state index is 13.3. The number of rotatable bonds is 9. The lowest BCUT2D eigenvalue weighted by molar-refractivity contribution is -0.137. The van der Waals surface area contributed by atoms with Gasteiger partial charge in [0.2, 0.25) is 0 Å². The van der Waals surface area contributed by atoms with Gasteiger partial charge in [-0.05, 0) is 66.4 Å². The van der Waals surface area contributed by atoms with Gasteiger partial charge in [0, 0.05) is 24.9 Å². The molecule has 1 atom stereocenters. The first-order valence-corrected chi connectivity index (χ1v) is 11.5. The van der Waals surface area contributed by atoms with Crippen molar-refractivity contribution in [2.24, 2.45) is 0 Å². The predicted octanol–water partition coefficient (Wildman–Crippen LogP) is 4.54. The lowest BCUT2D eigenvalue weighted by Crippen LogP contribution is -2.37. The van der Waals surface area contributed by atoms with Gasteiger partial charge in [-0.3, -0.25) is 9.59 Å². The Morgan fingerprint density at radius 2 is 1.86 bits per heavy atom. The van der Waals surface area contributed by atoms with E-state index in [1.54, 1.807) is 37.4 Å². The van der Waals surface area contributed by atoms with E-state index in [-0.39, 0.29) is 18.3 Å². The summed E-state index contributed by atoms with van der Waals surface area (Å²) in [7, 11) is 1.58. The number of hydrogen-bond acceptors (Lipinski definition) is 4. The molecular formula is C28H28FNO5. The van der Waals surface area contributed by atoms with Crippen LogP contribution in [0.3, 0.4) is 0 Å². The first-order chi connectivity index (χ1) is 16.8. The third-order valence-corrected chi connectivity index (χ3v) is 6.18. The second-order valence-electron chi connectivity index (χ2n) is 9.04. The Bertz CT molecular complexity index is 1230. The van der Waals surface area contributed by atoms with E-state index in [1.165, 1.54) is 17.0 Å². The summed E-state index contributed by atoms with van der Waals surface area (Å²) in [4.78, 5) is 26.1. The molecule has 0 radical (unpaired) electrons. The predicted molar refractivity (Wildman–Crippen MR) is 130 cm³/mol. The lowest BCUT2D eigenvalue weighted by Gasteiger charge is -2.24. The highest BCUT2D eigenvalue weighted by molar-refractivity contribution is 5.96. The van der Waals surface area contributed by atoms with Crippen molar-refractivity contribution in [3.05, 3.63) is 94.8 Å². The monoisotopic (exact) mass is 477 g/mol. The standard InChI is InChI=1S/C28H28FNO5/c1-28(16-19-7-10-23(29)11-8-19)17-22-15-21(9-12-25(22)35-28)27(33)30(18-26(31)32)14-13-20-5-3-4-6-24(20)34-2/h3-12,15H,13-14,16-18H2,1-2H3,(H,31,32)/t28-/m1/s1. The fourth-order valence-electron chi connectivity index (χ4n) is 4.55. The summed E-state index contributed by atoms with van der Waals surface area (Å²) in [6.45, 7) is 1.83. The van der Waals surface area contributed by atoms with E-state index in [4.69, 9.17) is 9.47 Å². The highest BCUT2D eigenvalue weighted by atomic mass is 19.1. The molecular weight excluding hydrogens is 449 g/mol. The average Bonchev–Trinajstić information content (AvgIpc) is 3.17. The maximum Gasteiger partial charge on any atom is 0.323 e.